The van der Waals surface area contributed by atoms with Gasteiger partial charge in [0.05, 0.1) is 5.92 Å². The van der Waals surface area contributed by atoms with E-state index in [9.17, 15) is 9.18 Å². The number of carbonyl (C=O) groups is 1. The zero-order valence-electron chi connectivity index (χ0n) is 11.5. The number of hydrogen-bond acceptors (Lipinski definition) is 2. The molecule has 0 heterocycles. The zero-order valence-corrected chi connectivity index (χ0v) is 11.5. The maximum absolute atomic E-state index is 13.5. The molecular formula is C14H25FO2. The van der Waals surface area contributed by atoms with Gasteiger partial charge in [0.2, 0.25) is 0 Å². The number of hydrogen-bond donors (Lipinski definition) is 0. The van der Waals surface area contributed by atoms with Crippen LogP contribution in [0.1, 0.15) is 59.8 Å². The minimum Gasteiger partial charge on any atom is -0.460 e. The molecule has 1 unspecified atom stereocenters. The van der Waals surface area contributed by atoms with E-state index in [2.05, 4.69) is 0 Å². The maximum atomic E-state index is 13.5. The van der Waals surface area contributed by atoms with Crippen molar-refractivity contribution in [1.82, 2.24) is 0 Å². The lowest BCUT2D eigenvalue weighted by Crippen LogP contribution is -2.30. The molecule has 1 rings (SSSR count). The topological polar surface area (TPSA) is 26.3 Å². The molecule has 2 nitrogen and oxygen atoms in total. The van der Waals surface area contributed by atoms with E-state index in [0.717, 1.165) is 25.7 Å². The molecule has 0 amide bonds. The van der Waals surface area contributed by atoms with E-state index in [1.54, 1.807) is 0 Å². The van der Waals surface area contributed by atoms with E-state index >= 15 is 0 Å². The molecule has 1 fully saturated rings. The van der Waals surface area contributed by atoms with Crippen molar-refractivity contribution in [2.45, 2.75) is 71.6 Å². The fourth-order valence-corrected chi connectivity index (χ4v) is 2.25. The summed E-state index contributed by atoms with van der Waals surface area (Å²) >= 11 is 0. The molecule has 1 saturated carbocycles. The van der Waals surface area contributed by atoms with Crippen molar-refractivity contribution in [3.63, 3.8) is 0 Å². The van der Waals surface area contributed by atoms with Gasteiger partial charge < -0.3 is 4.74 Å². The second-order valence-corrected chi connectivity index (χ2v) is 6.23. The molecule has 0 aromatic rings. The number of carbonyl (C=O) groups excluding carboxylic acids is 1. The van der Waals surface area contributed by atoms with E-state index < -0.39 is 11.8 Å². The van der Waals surface area contributed by atoms with E-state index in [-0.39, 0.29) is 17.8 Å². The highest BCUT2D eigenvalue weighted by Gasteiger charge is 2.28. The Bertz CT molecular complexity index is 257. The Kier molecular flexibility index (Phi) is 4.96. The maximum Gasteiger partial charge on any atom is 0.309 e. The van der Waals surface area contributed by atoms with Crippen molar-refractivity contribution in [3.05, 3.63) is 0 Å². The molecule has 0 bridgehead atoms. The summed E-state index contributed by atoms with van der Waals surface area (Å²) in [4.78, 5) is 12.0. The van der Waals surface area contributed by atoms with Crippen molar-refractivity contribution in [3.8, 4) is 0 Å². The SMILES string of the molecule is C[C@@H]1CCC(C(=O)OC(C)(C)C)CCC[C@H]1F. The summed E-state index contributed by atoms with van der Waals surface area (Å²) in [5.41, 5.74) is -0.423. The first kappa shape index (κ1) is 14.5. The summed E-state index contributed by atoms with van der Waals surface area (Å²) in [6, 6.07) is 0. The summed E-state index contributed by atoms with van der Waals surface area (Å²) in [7, 11) is 0. The Labute approximate surface area is 104 Å². The number of esters is 1. The van der Waals surface area contributed by atoms with Gasteiger partial charge in [0.1, 0.15) is 11.8 Å². The third-order valence-electron chi connectivity index (χ3n) is 3.36. The largest absolute Gasteiger partial charge is 0.460 e. The van der Waals surface area contributed by atoms with Crippen LogP contribution in [0.25, 0.3) is 0 Å². The Hall–Kier alpha value is -0.600. The van der Waals surface area contributed by atoms with E-state index in [4.69, 9.17) is 4.74 Å². The van der Waals surface area contributed by atoms with Crippen molar-refractivity contribution in [2.75, 3.05) is 0 Å². The predicted molar refractivity (Wildman–Crippen MR) is 66.5 cm³/mol. The zero-order chi connectivity index (χ0) is 13.1. The fraction of sp³-hybridized carbons (Fsp3) is 0.929. The molecule has 0 aliphatic heterocycles. The minimum absolute atomic E-state index is 0.0378. The van der Waals surface area contributed by atoms with Gasteiger partial charge in [-0.1, -0.05) is 6.92 Å². The molecular weight excluding hydrogens is 219 g/mol. The van der Waals surface area contributed by atoms with Crippen LogP contribution in [0.2, 0.25) is 0 Å². The molecule has 1 aliphatic carbocycles. The first-order valence-corrected chi connectivity index (χ1v) is 6.66. The molecule has 3 heteroatoms. The third kappa shape index (κ3) is 5.05. The van der Waals surface area contributed by atoms with Gasteiger partial charge in [-0.3, -0.25) is 4.79 Å². The average Bonchev–Trinajstić information content (AvgIpc) is 2.17. The molecule has 0 saturated heterocycles. The van der Waals surface area contributed by atoms with Gasteiger partial charge in [0, 0.05) is 0 Å². The summed E-state index contributed by atoms with van der Waals surface area (Å²) < 4.78 is 18.9. The number of ether oxygens (including phenoxy) is 1. The molecule has 1 aliphatic rings. The molecule has 0 aromatic heterocycles. The van der Waals surface area contributed by atoms with Gasteiger partial charge in [-0.25, -0.2) is 4.39 Å². The van der Waals surface area contributed by atoms with Crippen LogP contribution < -0.4 is 0 Å². The lowest BCUT2D eigenvalue weighted by atomic mass is 9.85. The lowest BCUT2D eigenvalue weighted by molar-refractivity contribution is -0.161. The first-order chi connectivity index (χ1) is 7.79. The monoisotopic (exact) mass is 244 g/mol. The predicted octanol–water partition coefficient (Wildman–Crippen LogP) is 3.88. The van der Waals surface area contributed by atoms with E-state index in [1.165, 1.54) is 0 Å². The van der Waals surface area contributed by atoms with Gasteiger partial charge in [-0.15, -0.1) is 0 Å². The van der Waals surface area contributed by atoms with Crippen LogP contribution in [0.5, 0.6) is 0 Å². The second kappa shape index (κ2) is 5.83. The highest BCUT2D eigenvalue weighted by atomic mass is 19.1. The molecule has 100 valence electrons. The number of alkyl halides is 1. The first-order valence-electron chi connectivity index (χ1n) is 6.66. The normalized spacial score (nSPS) is 31.5. The minimum atomic E-state index is -0.699. The lowest BCUT2D eigenvalue weighted by Gasteiger charge is -2.27. The Morgan fingerprint density at radius 2 is 1.82 bits per heavy atom. The molecule has 0 N–H and O–H groups in total. The number of halogens is 1. The molecule has 0 aromatic carbocycles. The Morgan fingerprint density at radius 1 is 1.18 bits per heavy atom. The Balaban J connectivity index is 2.51. The average molecular weight is 244 g/mol. The van der Waals surface area contributed by atoms with Crippen LogP contribution in [0.3, 0.4) is 0 Å². The van der Waals surface area contributed by atoms with Gasteiger partial charge in [-0.05, 0) is 58.8 Å². The third-order valence-corrected chi connectivity index (χ3v) is 3.36. The van der Waals surface area contributed by atoms with E-state index in [1.807, 2.05) is 27.7 Å². The molecule has 0 spiro atoms. The van der Waals surface area contributed by atoms with Crippen LogP contribution in [-0.4, -0.2) is 17.7 Å². The quantitative estimate of drug-likeness (QED) is 0.654. The van der Waals surface area contributed by atoms with Crippen LogP contribution in [-0.2, 0) is 9.53 Å². The van der Waals surface area contributed by atoms with Gasteiger partial charge >= 0.3 is 5.97 Å². The van der Waals surface area contributed by atoms with Crippen molar-refractivity contribution in [1.29, 1.82) is 0 Å². The standard InChI is InChI=1S/C14H25FO2/c1-10-8-9-11(6-5-7-12(10)15)13(16)17-14(2,3)4/h10-12H,5-9H2,1-4H3/t10-,11?,12-/m1/s1. The Morgan fingerprint density at radius 3 is 2.41 bits per heavy atom. The highest BCUT2D eigenvalue weighted by Crippen LogP contribution is 2.29. The van der Waals surface area contributed by atoms with Gasteiger partial charge in [0.15, 0.2) is 0 Å². The summed E-state index contributed by atoms with van der Waals surface area (Å²) in [6.45, 7) is 7.58. The smallest absolute Gasteiger partial charge is 0.309 e. The highest BCUT2D eigenvalue weighted by molar-refractivity contribution is 5.72. The molecule has 3 atom stereocenters. The summed E-state index contributed by atoms with van der Waals surface area (Å²) in [6.07, 6.45) is 2.98. The molecule has 17 heavy (non-hydrogen) atoms. The van der Waals surface area contributed by atoms with Crippen LogP contribution in [0.15, 0.2) is 0 Å². The van der Waals surface area contributed by atoms with Crippen LogP contribution >= 0.6 is 0 Å². The number of rotatable bonds is 1. The van der Waals surface area contributed by atoms with Gasteiger partial charge in [-0.2, -0.15) is 0 Å². The molecule has 0 radical (unpaired) electrons. The van der Waals surface area contributed by atoms with Gasteiger partial charge in [0.25, 0.3) is 0 Å². The summed E-state index contributed by atoms with van der Waals surface area (Å²) in [5, 5.41) is 0. The van der Waals surface area contributed by atoms with E-state index in [0.29, 0.717) is 6.42 Å². The van der Waals surface area contributed by atoms with Crippen molar-refractivity contribution in [2.24, 2.45) is 11.8 Å². The second-order valence-electron chi connectivity index (χ2n) is 6.23. The van der Waals surface area contributed by atoms with Crippen molar-refractivity contribution >= 4 is 5.97 Å². The fourth-order valence-electron chi connectivity index (χ4n) is 2.25. The van der Waals surface area contributed by atoms with Crippen LogP contribution in [0, 0.1) is 11.8 Å². The van der Waals surface area contributed by atoms with Crippen LogP contribution in [0.4, 0.5) is 4.39 Å². The van der Waals surface area contributed by atoms with Crippen molar-refractivity contribution < 1.29 is 13.9 Å². The summed E-state index contributed by atoms with van der Waals surface area (Å²) in [5.74, 6) is -0.0774.